The summed E-state index contributed by atoms with van der Waals surface area (Å²) in [6, 6.07) is 8.49. The molecule has 31 heavy (non-hydrogen) atoms. The summed E-state index contributed by atoms with van der Waals surface area (Å²) in [6.07, 6.45) is 1.13. The van der Waals surface area contributed by atoms with Gasteiger partial charge in [-0.3, -0.25) is 10.1 Å². The van der Waals surface area contributed by atoms with Crippen LogP contribution in [0.3, 0.4) is 0 Å². The van der Waals surface area contributed by atoms with E-state index in [0.29, 0.717) is 5.75 Å². The first kappa shape index (κ1) is 23.5. The van der Waals surface area contributed by atoms with E-state index in [1.165, 1.54) is 52.7 Å². The molecule has 0 saturated carbocycles. The summed E-state index contributed by atoms with van der Waals surface area (Å²) in [5.74, 6) is 0.254. The molecule has 0 heterocycles. The lowest BCUT2D eigenvalue weighted by Gasteiger charge is -2.13. The lowest BCUT2D eigenvalue weighted by molar-refractivity contribution is -0.385. The summed E-state index contributed by atoms with van der Waals surface area (Å²) in [5.41, 5.74) is -0.0230. The van der Waals surface area contributed by atoms with E-state index in [-0.39, 0.29) is 34.1 Å². The van der Waals surface area contributed by atoms with Crippen LogP contribution in [0, 0.1) is 21.4 Å². The topological polar surface area (TPSA) is 138 Å². The number of hydrogen-bond acceptors (Lipinski definition) is 9. The van der Waals surface area contributed by atoms with Gasteiger partial charge in [0.05, 0.1) is 44.7 Å². The molecule has 0 unspecified atom stereocenters. The quantitative estimate of drug-likeness (QED) is 0.322. The largest absolute Gasteiger partial charge is 0.496 e. The minimum absolute atomic E-state index is 0.00472. The zero-order valence-corrected chi connectivity index (χ0v) is 18.1. The maximum atomic E-state index is 12.9. The average molecular weight is 448 g/mol. The van der Waals surface area contributed by atoms with Crippen molar-refractivity contribution in [1.29, 1.82) is 5.26 Å². The molecule has 2 aromatic rings. The molecule has 0 saturated heterocycles. The van der Waals surface area contributed by atoms with Gasteiger partial charge in [-0.15, -0.1) is 0 Å². The number of benzene rings is 2. The van der Waals surface area contributed by atoms with Crippen molar-refractivity contribution in [2.24, 2.45) is 0 Å². The second kappa shape index (κ2) is 9.82. The summed E-state index contributed by atoms with van der Waals surface area (Å²) in [4.78, 5) is 9.96. The molecular weight excluding hydrogens is 428 g/mol. The van der Waals surface area contributed by atoms with Gasteiger partial charge in [-0.25, -0.2) is 8.42 Å². The molecule has 0 radical (unpaired) electrons. The van der Waals surface area contributed by atoms with Gasteiger partial charge in [0, 0.05) is 18.2 Å². The van der Waals surface area contributed by atoms with Crippen molar-refractivity contribution in [3.63, 3.8) is 0 Å². The van der Waals surface area contributed by atoms with Gasteiger partial charge < -0.3 is 18.9 Å². The smallest absolute Gasteiger partial charge is 0.311 e. The number of methoxy groups -OCH3 is 4. The minimum atomic E-state index is -4.16. The fourth-order valence-corrected chi connectivity index (χ4v) is 3.97. The normalized spacial score (nSPS) is 11.4. The second-order valence-corrected chi connectivity index (χ2v) is 8.05. The molecule has 2 aromatic carbocycles. The van der Waals surface area contributed by atoms with E-state index < -0.39 is 25.4 Å². The van der Waals surface area contributed by atoms with Gasteiger partial charge in [0.2, 0.25) is 0 Å². The standard InChI is InChI=1S/C20H20N2O8S/c1-27-14-8-19(29-3)16(20(9-14)30-4)10-15(11-21)31(25,26)12-13-5-6-18(28-2)17(7-13)22(23)24/h5-10H,12H2,1-4H3/b15-10-. The highest BCUT2D eigenvalue weighted by atomic mass is 32.2. The van der Waals surface area contributed by atoms with E-state index in [9.17, 15) is 23.8 Å². The number of nitrogens with zero attached hydrogens (tertiary/aromatic N) is 2. The van der Waals surface area contributed by atoms with Crippen molar-refractivity contribution in [2.75, 3.05) is 28.4 Å². The third-order valence-corrected chi connectivity index (χ3v) is 5.86. The average Bonchev–Trinajstić information content (AvgIpc) is 2.76. The number of nitro groups is 1. The van der Waals surface area contributed by atoms with Crippen molar-refractivity contribution < 1.29 is 32.3 Å². The van der Waals surface area contributed by atoms with Gasteiger partial charge in [0.15, 0.2) is 15.6 Å². The molecule has 0 aliphatic carbocycles. The highest BCUT2D eigenvalue weighted by Crippen LogP contribution is 2.36. The highest BCUT2D eigenvalue weighted by molar-refractivity contribution is 7.95. The predicted octanol–water partition coefficient (Wildman–Crippen LogP) is 3.11. The van der Waals surface area contributed by atoms with E-state index in [0.717, 1.165) is 12.1 Å². The van der Waals surface area contributed by atoms with Gasteiger partial charge in [0.25, 0.3) is 0 Å². The highest BCUT2D eigenvalue weighted by Gasteiger charge is 2.24. The maximum Gasteiger partial charge on any atom is 0.311 e. The van der Waals surface area contributed by atoms with E-state index in [2.05, 4.69) is 0 Å². The minimum Gasteiger partial charge on any atom is -0.496 e. The fourth-order valence-electron chi connectivity index (χ4n) is 2.76. The van der Waals surface area contributed by atoms with E-state index in [1.807, 2.05) is 0 Å². The Labute approximate surface area is 179 Å². The van der Waals surface area contributed by atoms with Gasteiger partial charge in [0.1, 0.15) is 28.2 Å². The third-order valence-electron chi connectivity index (χ3n) is 4.27. The van der Waals surface area contributed by atoms with Crippen LogP contribution in [-0.4, -0.2) is 41.8 Å². The zero-order valence-electron chi connectivity index (χ0n) is 17.2. The number of sulfone groups is 1. The molecule has 0 spiro atoms. The van der Waals surface area contributed by atoms with Crippen molar-refractivity contribution in [3.05, 3.63) is 56.5 Å². The van der Waals surface area contributed by atoms with Crippen molar-refractivity contribution in [1.82, 2.24) is 0 Å². The lowest BCUT2D eigenvalue weighted by atomic mass is 10.1. The number of nitro benzene ring substituents is 1. The number of nitriles is 1. The Morgan fingerprint density at radius 3 is 2.06 bits per heavy atom. The van der Waals surface area contributed by atoms with Crippen LogP contribution in [0.15, 0.2) is 35.2 Å². The number of allylic oxidation sites excluding steroid dienone is 1. The summed E-state index contributed by atoms with van der Waals surface area (Å²) in [7, 11) is 1.31. The predicted molar refractivity (Wildman–Crippen MR) is 112 cm³/mol. The SMILES string of the molecule is COc1cc(OC)c(/C=C(/C#N)S(=O)(=O)Cc2ccc(OC)c([N+](=O)[O-])c2)c(OC)c1. The van der Waals surface area contributed by atoms with Crippen LogP contribution in [0.25, 0.3) is 6.08 Å². The van der Waals surface area contributed by atoms with Gasteiger partial charge >= 0.3 is 5.69 Å². The van der Waals surface area contributed by atoms with E-state index in [1.54, 1.807) is 6.07 Å². The molecule has 0 atom stereocenters. The third kappa shape index (κ3) is 5.23. The van der Waals surface area contributed by atoms with Crippen molar-refractivity contribution in [3.8, 4) is 29.1 Å². The van der Waals surface area contributed by atoms with Gasteiger partial charge in [-0.2, -0.15) is 5.26 Å². The molecule has 11 heteroatoms. The Balaban J connectivity index is 2.54. The van der Waals surface area contributed by atoms with Crippen LogP contribution in [-0.2, 0) is 15.6 Å². The van der Waals surface area contributed by atoms with E-state index in [4.69, 9.17) is 18.9 Å². The maximum absolute atomic E-state index is 12.9. The lowest BCUT2D eigenvalue weighted by Crippen LogP contribution is -2.07. The van der Waals surface area contributed by atoms with Crippen LogP contribution in [0.1, 0.15) is 11.1 Å². The van der Waals surface area contributed by atoms with Crippen molar-refractivity contribution >= 4 is 21.6 Å². The first-order valence-electron chi connectivity index (χ1n) is 8.66. The van der Waals surface area contributed by atoms with Crippen LogP contribution in [0.5, 0.6) is 23.0 Å². The summed E-state index contributed by atoms with van der Waals surface area (Å²) in [6.45, 7) is 0. The van der Waals surface area contributed by atoms with Crippen molar-refractivity contribution in [2.45, 2.75) is 5.75 Å². The first-order valence-corrected chi connectivity index (χ1v) is 10.3. The first-order chi connectivity index (χ1) is 14.7. The molecule has 10 nitrogen and oxygen atoms in total. The molecule has 0 fully saturated rings. The van der Waals surface area contributed by atoms with Gasteiger partial charge in [-0.1, -0.05) is 6.07 Å². The van der Waals surface area contributed by atoms with Crippen LogP contribution < -0.4 is 18.9 Å². The van der Waals surface area contributed by atoms with Gasteiger partial charge in [-0.05, 0) is 17.7 Å². The molecule has 0 aromatic heterocycles. The summed E-state index contributed by atoms with van der Waals surface area (Å²) < 4.78 is 46.4. The van der Waals surface area contributed by atoms with E-state index >= 15 is 0 Å². The Morgan fingerprint density at radius 1 is 1.03 bits per heavy atom. The second-order valence-electron chi connectivity index (χ2n) is 6.09. The Hall–Kier alpha value is -3.78. The molecule has 0 aliphatic heterocycles. The Morgan fingerprint density at radius 2 is 1.61 bits per heavy atom. The molecule has 0 aliphatic rings. The summed E-state index contributed by atoms with van der Waals surface area (Å²) >= 11 is 0. The van der Waals surface area contributed by atoms with Crippen LogP contribution in [0.2, 0.25) is 0 Å². The Bertz CT molecular complexity index is 1140. The molecule has 2 rings (SSSR count). The Kier molecular flexibility index (Phi) is 7.44. The number of rotatable bonds is 9. The number of ether oxygens (including phenoxy) is 4. The molecule has 0 N–H and O–H groups in total. The molecule has 0 bridgehead atoms. The summed E-state index contributed by atoms with van der Waals surface area (Å²) in [5, 5.41) is 20.7. The molecule has 0 amide bonds. The molecule has 164 valence electrons. The van der Waals surface area contributed by atoms with Crippen LogP contribution in [0.4, 0.5) is 5.69 Å². The molecular formula is C20H20N2O8S. The zero-order chi connectivity index (χ0) is 23.2. The van der Waals surface area contributed by atoms with Crippen LogP contribution >= 0.6 is 0 Å². The monoisotopic (exact) mass is 448 g/mol. The fraction of sp³-hybridized carbons (Fsp3) is 0.250. The number of hydrogen-bond donors (Lipinski definition) is 0.